The first-order chi connectivity index (χ1) is 24.6. The van der Waals surface area contributed by atoms with Crippen LogP contribution in [-0.2, 0) is 0 Å². The zero-order valence-electron chi connectivity index (χ0n) is 26.7. The smallest absolute Gasteiger partial charge is 0.195 e. The molecule has 5 heteroatoms. The van der Waals surface area contributed by atoms with Crippen LogP contribution in [0.1, 0.15) is 11.1 Å². The molecule has 0 spiro atoms. The molecule has 0 amide bonds. The Morgan fingerprint density at radius 2 is 0.980 bits per heavy atom. The summed E-state index contributed by atoms with van der Waals surface area (Å²) >= 11 is 0. The molecule has 2 aromatic heterocycles. The molecular weight excluding hydrogens is 611 g/mol. The minimum absolute atomic E-state index is 0.548. The molecule has 0 saturated heterocycles. The molecule has 9 rings (SSSR count). The first-order valence-electron chi connectivity index (χ1n) is 16.2. The fourth-order valence-corrected chi connectivity index (χ4v) is 7.33. The molecule has 230 valence electrons. The molecule has 0 unspecified atom stereocenters. The van der Waals surface area contributed by atoms with Crippen molar-refractivity contribution in [1.29, 1.82) is 10.5 Å². The van der Waals surface area contributed by atoms with E-state index in [1.807, 2.05) is 66.7 Å². The summed E-state index contributed by atoms with van der Waals surface area (Å²) in [6.45, 7) is 8.21. The van der Waals surface area contributed by atoms with Crippen LogP contribution in [0.3, 0.4) is 0 Å². The van der Waals surface area contributed by atoms with Crippen LogP contribution in [0.5, 0.6) is 0 Å². The van der Waals surface area contributed by atoms with E-state index < -0.39 is 0 Å². The molecule has 0 aliphatic rings. The van der Waals surface area contributed by atoms with E-state index in [9.17, 15) is 10.5 Å². The second-order valence-corrected chi connectivity index (χ2v) is 12.3. The van der Waals surface area contributed by atoms with Crippen LogP contribution in [0.2, 0.25) is 0 Å². The molecule has 0 radical (unpaired) electrons. The zero-order chi connectivity index (χ0) is 33.8. The number of fused-ring (bicyclic) bond motifs is 6. The highest BCUT2D eigenvalue weighted by Gasteiger charge is 2.18. The lowest BCUT2D eigenvalue weighted by Crippen LogP contribution is -1.97. The lowest BCUT2D eigenvalue weighted by Gasteiger charge is -2.16. The van der Waals surface area contributed by atoms with E-state index in [1.165, 1.54) is 10.8 Å². The highest BCUT2D eigenvalue weighted by atomic mass is 15.0. The molecule has 7 aromatic carbocycles. The lowest BCUT2D eigenvalue weighted by molar-refractivity contribution is 1.17. The van der Waals surface area contributed by atoms with Gasteiger partial charge in [-0.2, -0.15) is 10.5 Å². The average Bonchev–Trinajstić information content (AvgIpc) is 3.70. The van der Waals surface area contributed by atoms with Crippen LogP contribution in [0.15, 0.2) is 152 Å². The largest absolute Gasteiger partial charge is 0.309 e. The van der Waals surface area contributed by atoms with Crippen molar-refractivity contribution in [3.05, 3.63) is 174 Å². The van der Waals surface area contributed by atoms with E-state index in [4.69, 9.17) is 6.57 Å². The maximum atomic E-state index is 9.69. The maximum Gasteiger partial charge on any atom is 0.195 e. The predicted octanol–water partition coefficient (Wildman–Crippen LogP) is 11.5. The summed E-state index contributed by atoms with van der Waals surface area (Å²) in [5.41, 5.74) is 11.5. The van der Waals surface area contributed by atoms with Crippen molar-refractivity contribution in [3.63, 3.8) is 0 Å². The van der Waals surface area contributed by atoms with Gasteiger partial charge in [-0.1, -0.05) is 72.8 Å². The summed E-state index contributed by atoms with van der Waals surface area (Å²) in [6.07, 6.45) is 0. The number of benzene rings is 7. The number of hydrogen-bond acceptors (Lipinski definition) is 2. The van der Waals surface area contributed by atoms with Gasteiger partial charge in [0, 0.05) is 32.9 Å². The molecule has 0 saturated carbocycles. The fourth-order valence-electron chi connectivity index (χ4n) is 7.33. The Morgan fingerprint density at radius 3 is 1.58 bits per heavy atom. The normalized spacial score (nSPS) is 11.1. The fraction of sp³-hybridized carbons (Fsp3) is 0. The molecule has 0 aliphatic heterocycles. The van der Waals surface area contributed by atoms with Gasteiger partial charge in [-0.15, -0.1) is 0 Å². The number of nitriles is 2. The number of aromatic nitrogens is 2. The summed E-state index contributed by atoms with van der Waals surface area (Å²) < 4.78 is 4.47. The van der Waals surface area contributed by atoms with Crippen LogP contribution in [0.4, 0.5) is 5.69 Å². The topological polar surface area (TPSA) is 61.8 Å². The van der Waals surface area contributed by atoms with Crippen LogP contribution in [0.25, 0.3) is 82.1 Å². The summed E-state index contributed by atoms with van der Waals surface area (Å²) in [4.78, 5) is 4.00. The molecule has 9 aromatic rings. The number of nitrogens with zero attached hydrogens (tertiary/aromatic N) is 5. The third-order valence-electron chi connectivity index (χ3n) is 9.56. The Labute approximate surface area is 288 Å². The van der Waals surface area contributed by atoms with Gasteiger partial charge in [-0.25, -0.2) is 4.85 Å². The Bertz CT molecular complexity index is 2830. The van der Waals surface area contributed by atoms with E-state index in [0.717, 1.165) is 66.5 Å². The van der Waals surface area contributed by atoms with Crippen LogP contribution in [0, 0.1) is 29.2 Å². The van der Waals surface area contributed by atoms with E-state index in [0.29, 0.717) is 16.8 Å². The standard InChI is InChI=1S/C45H25N5/c1-48-41-18-17-34(49-44-19-15-29(27-46)21-39(44)40-22-30(28-47)16-20-45(40)49)26-38(41)33-23-32(31-9-3-2-4-10-31)24-35(25-33)50-42-13-7-5-11-36(42)37-12-6-8-14-43(37)50/h2-26H. The molecule has 0 N–H and O–H groups in total. The zero-order valence-corrected chi connectivity index (χ0v) is 26.7. The Hall–Kier alpha value is -7.39. The quantitative estimate of drug-likeness (QED) is 0.181. The van der Waals surface area contributed by atoms with E-state index in [-0.39, 0.29) is 0 Å². The average molecular weight is 636 g/mol. The van der Waals surface area contributed by atoms with Crippen molar-refractivity contribution in [1.82, 2.24) is 9.13 Å². The highest BCUT2D eigenvalue weighted by Crippen LogP contribution is 2.41. The molecule has 50 heavy (non-hydrogen) atoms. The molecule has 5 nitrogen and oxygen atoms in total. The van der Waals surface area contributed by atoms with Gasteiger partial charge in [-0.3, -0.25) is 0 Å². The van der Waals surface area contributed by atoms with Crippen LogP contribution < -0.4 is 0 Å². The van der Waals surface area contributed by atoms with Gasteiger partial charge in [0.15, 0.2) is 5.69 Å². The lowest BCUT2D eigenvalue weighted by atomic mass is 9.96. The summed E-state index contributed by atoms with van der Waals surface area (Å²) in [5.74, 6) is 0. The number of para-hydroxylation sites is 2. The van der Waals surface area contributed by atoms with Gasteiger partial charge in [0.05, 0.1) is 51.9 Å². The van der Waals surface area contributed by atoms with E-state index in [1.54, 1.807) is 0 Å². The van der Waals surface area contributed by atoms with Crippen molar-refractivity contribution >= 4 is 49.3 Å². The SMILES string of the molecule is [C-]#[N+]c1ccc(-n2c3ccc(C#N)cc3c3cc(C#N)ccc32)cc1-c1cc(-c2ccccc2)cc(-n2c3ccccc3c3ccccc32)c1. The van der Waals surface area contributed by atoms with E-state index >= 15 is 0 Å². The molecule has 0 bridgehead atoms. The highest BCUT2D eigenvalue weighted by molar-refractivity contribution is 6.11. The third-order valence-corrected chi connectivity index (χ3v) is 9.56. The molecule has 0 aliphatic carbocycles. The third kappa shape index (κ3) is 4.45. The van der Waals surface area contributed by atoms with Crippen molar-refractivity contribution < 1.29 is 0 Å². The maximum absolute atomic E-state index is 9.69. The van der Waals surface area contributed by atoms with Gasteiger partial charge < -0.3 is 9.13 Å². The Morgan fingerprint density at radius 1 is 0.440 bits per heavy atom. The van der Waals surface area contributed by atoms with Crippen molar-refractivity contribution in [2.24, 2.45) is 0 Å². The summed E-state index contributed by atoms with van der Waals surface area (Å²) in [7, 11) is 0. The molecule has 2 heterocycles. The van der Waals surface area contributed by atoms with Gasteiger partial charge in [0.2, 0.25) is 0 Å². The Balaban J connectivity index is 1.33. The minimum Gasteiger partial charge on any atom is -0.309 e. The minimum atomic E-state index is 0.548. The van der Waals surface area contributed by atoms with Crippen molar-refractivity contribution in [3.8, 4) is 45.8 Å². The predicted molar refractivity (Wildman–Crippen MR) is 202 cm³/mol. The molecule has 0 fully saturated rings. The van der Waals surface area contributed by atoms with Crippen molar-refractivity contribution in [2.75, 3.05) is 0 Å². The number of rotatable bonds is 4. The van der Waals surface area contributed by atoms with Crippen molar-refractivity contribution in [2.45, 2.75) is 0 Å². The summed E-state index contributed by atoms with van der Waals surface area (Å²) in [5, 5.41) is 23.5. The van der Waals surface area contributed by atoms with Gasteiger partial charge in [0.1, 0.15) is 0 Å². The molecule has 0 atom stereocenters. The Kier molecular flexibility index (Phi) is 6.56. The van der Waals surface area contributed by atoms with Crippen LogP contribution in [-0.4, -0.2) is 9.13 Å². The van der Waals surface area contributed by atoms with Gasteiger partial charge >= 0.3 is 0 Å². The van der Waals surface area contributed by atoms with E-state index in [2.05, 4.69) is 111 Å². The number of hydrogen-bond donors (Lipinski definition) is 0. The monoisotopic (exact) mass is 635 g/mol. The first-order valence-corrected chi connectivity index (χ1v) is 16.2. The molecular formula is C45H25N5. The first kappa shape index (κ1) is 28.8. The second kappa shape index (κ2) is 11.4. The van der Waals surface area contributed by atoms with Crippen LogP contribution >= 0.6 is 0 Å². The summed E-state index contributed by atoms with van der Waals surface area (Å²) in [6, 6.07) is 55.7. The van der Waals surface area contributed by atoms with Gasteiger partial charge in [-0.05, 0) is 101 Å². The van der Waals surface area contributed by atoms with Gasteiger partial charge in [0.25, 0.3) is 0 Å². The second-order valence-electron chi connectivity index (χ2n) is 12.3.